The molecule has 8 N–H and O–H groups in total. The van der Waals surface area contributed by atoms with E-state index in [0.717, 1.165) is 108 Å². The molecule has 47 heteroatoms. The third-order valence-corrected chi connectivity index (χ3v) is 29.3. The average molecular weight is 2110 g/mol. The van der Waals surface area contributed by atoms with Crippen LogP contribution in [0.2, 0.25) is 35.8 Å². The molecule has 2 amide bonds. The Hall–Kier alpha value is -10.3. The molecule has 0 radical (unpaired) electrons. The topological polar surface area (TPSA) is 420 Å². The predicted octanol–water partition coefficient (Wildman–Crippen LogP) is 16.7. The zero-order chi connectivity index (χ0) is 101. The highest BCUT2D eigenvalue weighted by Gasteiger charge is 2.31. The number of para-hydroxylation sites is 3. The standard InChI is InChI=1S/C28H36ClN7O4S.C23H28ClN7O2S.C16H25N3O2.C12H12Cl2N4O2S.C8H11NO2S.C4HCl3N2/c1-28(2,3)40-27(37)36-16-14-35(15-17-36)19-20-10-12-21(13-11-20)31-26-30-18-22(29)25(33-26)32-23-8-6-7-9-24(23)41(38,39)34(4)5;1-30(2)34(32,33)21-6-4-3-5-20(21)28-22-19(24)15-26-23(29-22)27-18-9-7-17(8-10-18)16-31-13-11-25-12-14-31;1-16(2,3)21-15(20)19-10-8-18(9-11-19)12-13-4-6-14(17)7-5-13;1-18(2)21(19,20)10-6-4-3-5-9(10)16-11-8(13)7-15-12(14)17-11;1-9(2)12(10,11)8-6-4-3-5-7-8;5-2-1-8-4(7)9-3(2)6/h6-13,18H,14-17,19H2,1-5H3,(H2,30,31,32,33);3-10,15,25H,11-14,16H2,1-2H3,(H2,26,27,28,29);4-7H,8-12,17H2,1-3H3;3-7H,1-2H3,(H,15,16,17);3-7H,1-2H3;1H. The zero-order valence-electron chi connectivity index (χ0n) is 78.5. The van der Waals surface area contributed by atoms with Crippen molar-refractivity contribution in [1.82, 2.24) is 86.9 Å². The van der Waals surface area contributed by atoms with Gasteiger partial charge in [0.15, 0.2) is 22.6 Å². The first-order valence-electron chi connectivity index (χ1n) is 42.8. The molecule has 36 nitrogen and oxygen atoms in total. The van der Waals surface area contributed by atoms with Crippen LogP contribution in [-0.2, 0) is 69.2 Å². The van der Waals surface area contributed by atoms with E-state index in [1.54, 1.807) is 94.7 Å². The van der Waals surface area contributed by atoms with Crippen molar-refractivity contribution in [3.8, 4) is 0 Å². The van der Waals surface area contributed by atoms with E-state index < -0.39 is 51.3 Å². The van der Waals surface area contributed by atoms with Crippen molar-refractivity contribution in [1.29, 1.82) is 0 Å². The maximum atomic E-state index is 12.8. The SMILES string of the molecule is CC(C)(C)OC(=O)N1CCN(Cc2ccc(N)cc2)CC1.CN(C)S(=O)(=O)c1ccccc1.CN(C)S(=O)(=O)c1ccccc1Nc1nc(Cl)ncc1Cl.CN(C)S(=O)(=O)c1ccccc1Nc1nc(Nc2ccc(CN3CCN(C(=O)OC(C)(C)C)CC3)cc2)ncc1Cl.CN(C)S(=O)(=O)c1ccccc1Nc1nc(Nc2ccc(CN3CCNCC3)cc2)ncc1Cl.Clc1ncc(Cl)c(Cl)n1. The van der Waals surface area contributed by atoms with Gasteiger partial charge >= 0.3 is 12.2 Å². The minimum absolute atomic E-state index is 0.00912. The van der Waals surface area contributed by atoms with Crippen LogP contribution in [0.3, 0.4) is 0 Å². The number of hydrogen-bond donors (Lipinski definition) is 7. The average Bonchev–Trinajstić information content (AvgIpc) is 0.804. The highest BCUT2D eigenvalue weighted by Crippen LogP contribution is 2.35. The maximum Gasteiger partial charge on any atom is 0.410 e. The number of benzene rings is 7. The number of rotatable bonds is 24. The lowest BCUT2D eigenvalue weighted by Crippen LogP contribution is -2.49. The quantitative estimate of drug-likeness (QED) is 0.0168. The third-order valence-electron chi connectivity index (χ3n) is 20.0. The summed E-state index contributed by atoms with van der Waals surface area (Å²) in [6, 6.07) is 52.0. The van der Waals surface area contributed by atoms with Gasteiger partial charge in [-0.1, -0.05) is 149 Å². The smallest absolute Gasteiger partial charge is 0.410 e. The number of nitrogens with zero attached hydrogens (tertiary/aromatic N) is 17. The van der Waals surface area contributed by atoms with Crippen molar-refractivity contribution >= 4 is 197 Å². The number of nitrogens with one attached hydrogen (secondary N) is 6. The number of anilines is 11. The Morgan fingerprint density at radius 1 is 0.370 bits per heavy atom. The van der Waals surface area contributed by atoms with Crippen LogP contribution in [0.1, 0.15) is 58.2 Å². The van der Waals surface area contributed by atoms with Gasteiger partial charge in [0.1, 0.15) is 41.0 Å². The molecule has 3 saturated heterocycles. The van der Waals surface area contributed by atoms with E-state index in [1.807, 2.05) is 90.1 Å². The van der Waals surface area contributed by atoms with Crippen LogP contribution in [0.25, 0.3) is 0 Å². The Morgan fingerprint density at radius 3 is 1.01 bits per heavy atom. The van der Waals surface area contributed by atoms with Crippen molar-refractivity contribution in [3.63, 3.8) is 0 Å². The molecule has 0 unspecified atom stereocenters. The van der Waals surface area contributed by atoms with Gasteiger partial charge in [-0.3, -0.25) is 14.7 Å². The summed E-state index contributed by atoms with van der Waals surface area (Å²) in [6.07, 6.45) is 5.13. The molecule has 0 aliphatic carbocycles. The number of aromatic nitrogens is 8. The fourth-order valence-corrected chi connectivity index (χ4v) is 17.7. The first-order valence-corrected chi connectivity index (χ1v) is 51.3. The van der Waals surface area contributed by atoms with Crippen molar-refractivity contribution in [2.24, 2.45) is 0 Å². The fraction of sp³-hybridized carbons (Fsp3) is 0.341. The predicted molar refractivity (Wildman–Crippen MR) is 547 cm³/mol. The summed E-state index contributed by atoms with van der Waals surface area (Å²) in [4.78, 5) is 67.8. The van der Waals surface area contributed by atoms with Crippen LogP contribution in [0.5, 0.6) is 0 Å². The van der Waals surface area contributed by atoms with Gasteiger partial charge in [-0.2, -0.15) is 15.0 Å². The van der Waals surface area contributed by atoms with E-state index in [2.05, 4.69) is 111 Å². The highest BCUT2D eigenvalue weighted by atomic mass is 35.5. The van der Waals surface area contributed by atoms with E-state index >= 15 is 0 Å². The number of ether oxygens (including phenoxy) is 2. The second kappa shape index (κ2) is 51.2. The molecule has 4 aromatic heterocycles. The number of carbonyl (C=O) groups is 2. The molecule has 11 aromatic rings. The Kier molecular flexibility index (Phi) is 41.3. The largest absolute Gasteiger partial charge is 0.444 e. The Bertz CT molecular complexity index is 6360. The van der Waals surface area contributed by atoms with Gasteiger partial charge in [-0.25, -0.2) is 85.4 Å². The van der Waals surface area contributed by atoms with E-state index in [4.69, 9.17) is 96.4 Å². The summed E-state index contributed by atoms with van der Waals surface area (Å²) in [5.74, 6) is 1.45. The lowest BCUT2D eigenvalue weighted by molar-refractivity contribution is 0.0129. The molecule has 138 heavy (non-hydrogen) atoms. The van der Waals surface area contributed by atoms with Crippen molar-refractivity contribution < 1.29 is 52.7 Å². The van der Waals surface area contributed by atoms with Gasteiger partial charge < -0.3 is 56.9 Å². The van der Waals surface area contributed by atoms with Crippen LogP contribution < -0.4 is 37.6 Å². The molecule has 7 heterocycles. The summed E-state index contributed by atoms with van der Waals surface area (Å²) in [6.45, 7) is 24.0. The molecule has 0 saturated carbocycles. The van der Waals surface area contributed by atoms with Gasteiger partial charge in [0.25, 0.3) is 0 Å². The lowest BCUT2D eigenvalue weighted by Gasteiger charge is -2.35. The first-order chi connectivity index (χ1) is 65.0. The van der Waals surface area contributed by atoms with E-state index in [0.29, 0.717) is 70.9 Å². The fourth-order valence-electron chi connectivity index (χ4n) is 12.7. The first kappa shape index (κ1) is 111. The molecular formula is C91H113Cl7N24O12S4. The second-order valence-corrected chi connectivity index (χ2v) is 44.8. The number of nitrogen functional groups attached to an aromatic ring is 1. The van der Waals surface area contributed by atoms with Gasteiger partial charge in [0, 0.05) is 172 Å². The molecule has 0 bridgehead atoms. The molecule has 3 fully saturated rings. The molecule has 742 valence electrons. The highest BCUT2D eigenvalue weighted by molar-refractivity contribution is 7.90. The molecule has 7 aromatic carbocycles. The number of hydrogen-bond acceptors (Lipinski definition) is 30. The van der Waals surface area contributed by atoms with Crippen molar-refractivity contribution in [3.05, 3.63) is 253 Å². The summed E-state index contributed by atoms with van der Waals surface area (Å²) in [5, 5.41) is 20.0. The number of nitrogens with two attached hydrogens (primary N) is 1. The van der Waals surface area contributed by atoms with Gasteiger partial charge in [-0.15, -0.1) is 0 Å². The van der Waals surface area contributed by atoms with E-state index in [1.165, 1.54) is 115 Å². The second-order valence-electron chi connectivity index (χ2n) is 33.6. The minimum Gasteiger partial charge on any atom is -0.444 e. The lowest BCUT2D eigenvalue weighted by atomic mass is 10.2. The number of piperazine rings is 3. The van der Waals surface area contributed by atoms with Crippen LogP contribution in [-0.4, -0.2) is 274 Å². The van der Waals surface area contributed by atoms with Crippen LogP contribution in [0.4, 0.5) is 73.1 Å². The van der Waals surface area contributed by atoms with Crippen molar-refractivity contribution in [2.45, 2.75) is 92.0 Å². The monoisotopic (exact) mass is 2110 g/mol. The number of halogens is 7. The summed E-state index contributed by atoms with van der Waals surface area (Å²) < 4.78 is 114. The van der Waals surface area contributed by atoms with Gasteiger partial charge in [0.05, 0.1) is 51.8 Å². The molecular weight excluding hydrogens is 2000 g/mol. The van der Waals surface area contributed by atoms with Crippen LogP contribution in [0, 0.1) is 0 Å². The van der Waals surface area contributed by atoms with E-state index in [-0.39, 0.29) is 69.3 Å². The Labute approximate surface area is 842 Å². The molecule has 3 aliphatic rings. The van der Waals surface area contributed by atoms with Gasteiger partial charge in [-0.05, 0) is 166 Å². The normalized spacial score (nSPS) is 14.0. The van der Waals surface area contributed by atoms with Crippen LogP contribution >= 0.6 is 81.2 Å². The number of sulfonamides is 4. The molecule has 0 spiro atoms. The van der Waals surface area contributed by atoms with E-state index in [9.17, 15) is 43.3 Å². The number of carbonyl (C=O) groups excluding carboxylic acids is 2. The minimum atomic E-state index is -3.69. The van der Waals surface area contributed by atoms with Gasteiger partial charge in [0.2, 0.25) is 62.6 Å². The number of amides is 2. The summed E-state index contributed by atoms with van der Waals surface area (Å²) >= 11 is 40.6. The zero-order valence-corrected chi connectivity index (χ0v) is 87.1. The van der Waals surface area contributed by atoms with Crippen LogP contribution in [0.15, 0.2) is 220 Å². The van der Waals surface area contributed by atoms with Crippen molar-refractivity contribution in [2.75, 3.05) is 167 Å². The Morgan fingerprint density at radius 2 is 0.674 bits per heavy atom. The third kappa shape index (κ3) is 34.3. The maximum absolute atomic E-state index is 12.8. The molecule has 14 rings (SSSR count). The Balaban J connectivity index is 0.000000197. The molecule has 3 aliphatic heterocycles. The summed E-state index contributed by atoms with van der Waals surface area (Å²) in [5.41, 5.74) is 11.9. The summed E-state index contributed by atoms with van der Waals surface area (Å²) in [7, 11) is -2.30. The molecule has 0 atom stereocenters.